The molecule has 9 atom stereocenters. The number of nitriles is 1. The monoisotopic (exact) mass is 561 g/mol. The summed E-state index contributed by atoms with van der Waals surface area (Å²) in [5, 5.41) is 20.8. The summed E-state index contributed by atoms with van der Waals surface area (Å²) in [6.07, 6.45) is -2.08. The molecule has 5 aliphatic carbocycles. The van der Waals surface area contributed by atoms with Crippen molar-refractivity contribution in [1.29, 1.82) is 5.26 Å². The summed E-state index contributed by atoms with van der Waals surface area (Å²) in [5.41, 5.74) is -7.50. The summed E-state index contributed by atoms with van der Waals surface area (Å²) in [5.74, 6) is -4.48. The minimum absolute atomic E-state index is 0.0607. The molecule has 0 heterocycles. The number of fused-ring (bicyclic) bond motifs is 5. The molecule has 0 amide bonds. The van der Waals surface area contributed by atoms with Gasteiger partial charge >= 0.3 is 11.9 Å². The zero-order valence-corrected chi connectivity index (χ0v) is 24.5. The fourth-order valence-corrected chi connectivity index (χ4v) is 9.78. The molecule has 5 rings (SSSR count). The molecule has 40 heavy (non-hydrogen) atoms. The lowest BCUT2D eigenvalue weighted by molar-refractivity contribution is -0.245. The van der Waals surface area contributed by atoms with Gasteiger partial charge in [0.05, 0.1) is 12.0 Å². The highest BCUT2D eigenvalue weighted by molar-refractivity contribution is 5.92. The second-order valence-electron chi connectivity index (χ2n) is 14.6. The normalized spacial score (nSPS) is 46.7. The summed E-state index contributed by atoms with van der Waals surface area (Å²) in [6, 6.07) is 1.78. The van der Waals surface area contributed by atoms with E-state index >= 15 is 8.78 Å². The van der Waals surface area contributed by atoms with E-state index in [1.807, 2.05) is 27.7 Å². The Kier molecular flexibility index (Phi) is 6.26. The lowest BCUT2D eigenvalue weighted by atomic mass is 9.43. The molecule has 9 heteroatoms. The first-order chi connectivity index (χ1) is 18.4. The van der Waals surface area contributed by atoms with Crippen LogP contribution in [0, 0.1) is 56.7 Å². The van der Waals surface area contributed by atoms with Crippen LogP contribution in [0.15, 0.2) is 11.6 Å². The molecule has 0 aromatic heterocycles. The molecule has 4 saturated carbocycles. The fourth-order valence-electron chi connectivity index (χ4n) is 9.78. The number of halogens is 2. The summed E-state index contributed by atoms with van der Waals surface area (Å²) in [6.45, 7) is 12.3. The van der Waals surface area contributed by atoms with E-state index in [9.17, 15) is 19.5 Å². The molecule has 1 N–H and O–H groups in total. The number of ketones is 1. The highest BCUT2D eigenvalue weighted by Gasteiger charge is 2.80. The predicted molar refractivity (Wildman–Crippen MR) is 140 cm³/mol. The van der Waals surface area contributed by atoms with Crippen LogP contribution < -0.4 is 0 Å². The van der Waals surface area contributed by atoms with Gasteiger partial charge in [0.2, 0.25) is 5.60 Å². The first-order valence-corrected chi connectivity index (χ1v) is 14.4. The molecule has 220 valence electrons. The van der Waals surface area contributed by atoms with E-state index in [2.05, 4.69) is 0 Å². The molecule has 7 nitrogen and oxygen atoms in total. The number of allylic oxidation sites excluding steroid dienone is 1. The van der Waals surface area contributed by atoms with Crippen LogP contribution in [0.2, 0.25) is 0 Å². The third kappa shape index (κ3) is 3.26. The van der Waals surface area contributed by atoms with Crippen LogP contribution in [0.3, 0.4) is 0 Å². The number of hydrogen-bond acceptors (Lipinski definition) is 7. The number of aliphatic hydroxyl groups is 1. The molecule has 4 unspecified atom stereocenters. The molecule has 0 bridgehead atoms. The number of esters is 2. The number of carbonyl (C=O) groups excluding carboxylic acids is 3. The van der Waals surface area contributed by atoms with E-state index in [0.29, 0.717) is 0 Å². The molecule has 5 aliphatic rings. The van der Waals surface area contributed by atoms with Crippen molar-refractivity contribution in [3.63, 3.8) is 0 Å². The summed E-state index contributed by atoms with van der Waals surface area (Å²) >= 11 is 0. The van der Waals surface area contributed by atoms with Crippen molar-refractivity contribution in [2.75, 3.05) is 6.61 Å². The van der Waals surface area contributed by atoms with Gasteiger partial charge in [0, 0.05) is 29.1 Å². The third-order valence-corrected chi connectivity index (χ3v) is 12.7. The maximum Gasteiger partial charge on any atom is 0.352 e. The molecule has 0 radical (unpaired) electrons. The SMILES string of the molecule is CC1C[C@H]2[C@@H]3CC(F)C4=CC(=O)CC[C@]4(C)[C@]3(F)C(O)C[C@]2(C)C1(OC(=O)C1C(C)(C)C1(C)C)C(=O)OCC#N. The Balaban J connectivity index is 1.61. The van der Waals surface area contributed by atoms with Crippen molar-refractivity contribution in [2.45, 2.75) is 104 Å². The lowest BCUT2D eigenvalue weighted by Crippen LogP contribution is -2.71. The minimum atomic E-state index is -2.25. The van der Waals surface area contributed by atoms with E-state index in [1.54, 1.807) is 26.8 Å². The van der Waals surface area contributed by atoms with Crippen molar-refractivity contribution in [1.82, 2.24) is 0 Å². The minimum Gasteiger partial charge on any atom is -0.447 e. The number of rotatable bonds is 4. The van der Waals surface area contributed by atoms with Crippen LogP contribution in [-0.2, 0) is 23.9 Å². The summed E-state index contributed by atoms with van der Waals surface area (Å²) in [7, 11) is 0. The van der Waals surface area contributed by atoms with Gasteiger partial charge in [-0.2, -0.15) is 5.26 Å². The average Bonchev–Trinajstić information content (AvgIpc) is 3.17. The summed E-state index contributed by atoms with van der Waals surface area (Å²) in [4.78, 5) is 39.8. The van der Waals surface area contributed by atoms with Crippen LogP contribution in [0.4, 0.5) is 8.78 Å². The molecule has 0 saturated heterocycles. The Morgan fingerprint density at radius 3 is 2.33 bits per heavy atom. The predicted octanol–water partition coefficient (Wildman–Crippen LogP) is 4.81. The molecular formula is C31H41F2NO6. The number of ether oxygens (including phenoxy) is 2. The maximum absolute atomic E-state index is 17.6. The number of hydrogen-bond donors (Lipinski definition) is 1. The smallest absolute Gasteiger partial charge is 0.352 e. The van der Waals surface area contributed by atoms with Gasteiger partial charge in [-0.1, -0.05) is 48.5 Å². The van der Waals surface area contributed by atoms with Gasteiger partial charge in [0.25, 0.3) is 0 Å². The second kappa shape index (κ2) is 8.59. The molecule has 0 aliphatic heterocycles. The number of carbonyl (C=O) groups is 3. The first-order valence-electron chi connectivity index (χ1n) is 14.4. The van der Waals surface area contributed by atoms with Gasteiger partial charge in [-0.15, -0.1) is 0 Å². The van der Waals surface area contributed by atoms with E-state index < -0.39 is 76.6 Å². The Labute approximate surface area is 234 Å². The van der Waals surface area contributed by atoms with Gasteiger partial charge < -0.3 is 14.6 Å². The van der Waals surface area contributed by atoms with Crippen molar-refractivity contribution >= 4 is 17.7 Å². The Bertz CT molecular complexity index is 1220. The van der Waals surface area contributed by atoms with Crippen molar-refractivity contribution in [3.8, 4) is 6.07 Å². The highest BCUT2D eigenvalue weighted by Crippen LogP contribution is 2.73. The Hall–Kier alpha value is -2.34. The van der Waals surface area contributed by atoms with E-state index in [4.69, 9.17) is 14.7 Å². The van der Waals surface area contributed by atoms with Crippen molar-refractivity contribution < 1.29 is 37.7 Å². The molecular weight excluding hydrogens is 520 g/mol. The Morgan fingerprint density at radius 2 is 1.75 bits per heavy atom. The standard InChI is InChI=1S/C31H41F2NO6/c1-16-12-18-19-14-21(32)20-13-17(35)8-9-28(20,6)30(19,33)22(36)15-29(18,7)31(16,25(38)39-11-10-34)40-24(37)23-26(2,3)27(23,4)5/h13,16,18-19,21-23,36H,8-9,11-12,14-15H2,1-7H3/t16?,18-,19-,21?,22?,28-,29-,30+,31?/m0/s1. The largest absolute Gasteiger partial charge is 0.447 e. The Morgan fingerprint density at radius 1 is 1.12 bits per heavy atom. The molecule has 0 spiro atoms. The van der Waals surface area contributed by atoms with Gasteiger partial charge in [0.15, 0.2) is 12.4 Å². The van der Waals surface area contributed by atoms with Crippen molar-refractivity contribution in [3.05, 3.63) is 11.6 Å². The van der Waals surface area contributed by atoms with E-state index in [0.717, 1.165) is 0 Å². The number of aliphatic hydroxyl groups excluding tert-OH is 1. The fraction of sp³-hybridized carbons (Fsp3) is 0.806. The topological polar surface area (TPSA) is 114 Å². The van der Waals surface area contributed by atoms with Crippen LogP contribution >= 0.6 is 0 Å². The van der Waals surface area contributed by atoms with Gasteiger partial charge in [-0.05, 0) is 54.1 Å². The first kappa shape index (κ1) is 29.2. The quantitative estimate of drug-likeness (QED) is 0.490. The van der Waals surface area contributed by atoms with Crippen LogP contribution in [0.1, 0.15) is 80.6 Å². The van der Waals surface area contributed by atoms with Gasteiger partial charge in [-0.3, -0.25) is 9.59 Å². The number of nitrogens with zero attached hydrogens (tertiary/aromatic N) is 1. The zero-order valence-electron chi connectivity index (χ0n) is 24.5. The third-order valence-electron chi connectivity index (χ3n) is 12.7. The molecule has 0 aromatic carbocycles. The second-order valence-corrected chi connectivity index (χ2v) is 14.6. The lowest BCUT2D eigenvalue weighted by Gasteiger charge is -2.63. The molecule has 4 fully saturated rings. The van der Waals surface area contributed by atoms with Gasteiger partial charge in [-0.25, -0.2) is 13.6 Å². The van der Waals surface area contributed by atoms with Gasteiger partial charge in [0.1, 0.15) is 17.9 Å². The zero-order chi connectivity index (χ0) is 29.8. The van der Waals surface area contributed by atoms with Crippen LogP contribution in [0.25, 0.3) is 0 Å². The van der Waals surface area contributed by atoms with Crippen LogP contribution in [0.5, 0.6) is 0 Å². The van der Waals surface area contributed by atoms with E-state index in [-0.39, 0.29) is 54.3 Å². The van der Waals surface area contributed by atoms with Crippen molar-refractivity contribution in [2.24, 2.45) is 45.3 Å². The molecule has 0 aromatic rings. The number of alkyl halides is 2. The average molecular weight is 562 g/mol. The maximum atomic E-state index is 17.6. The van der Waals surface area contributed by atoms with E-state index in [1.165, 1.54) is 6.08 Å². The van der Waals surface area contributed by atoms with Crippen LogP contribution in [-0.4, -0.2) is 53.0 Å². The summed E-state index contributed by atoms with van der Waals surface area (Å²) < 4.78 is 45.0. The highest BCUT2D eigenvalue weighted by atomic mass is 19.1.